The van der Waals surface area contributed by atoms with Gasteiger partial charge in [-0.2, -0.15) is 9.97 Å². The Morgan fingerprint density at radius 1 is 0.853 bits per heavy atom. The zero-order valence-corrected chi connectivity index (χ0v) is 17.9. The number of nitrogens with zero attached hydrogens (tertiary/aromatic N) is 8. The Hall–Kier alpha value is -4.57. The normalized spacial score (nSPS) is 15.2. The van der Waals surface area contributed by atoms with Crippen molar-refractivity contribution in [3.8, 4) is 23.3 Å². The average molecular weight is 450 g/mol. The summed E-state index contributed by atoms with van der Waals surface area (Å²) < 4.78 is 16.9. The second kappa shape index (κ2) is 7.49. The molecule has 0 saturated carbocycles. The van der Waals surface area contributed by atoms with Crippen LogP contribution in [0.3, 0.4) is 0 Å². The van der Waals surface area contributed by atoms with Crippen LogP contribution < -0.4 is 4.74 Å². The molecule has 1 saturated heterocycles. The second-order valence-electron chi connectivity index (χ2n) is 8.00. The number of ether oxygens (including phenoxy) is 2. The predicted octanol–water partition coefficient (Wildman–Crippen LogP) is 3.12. The molecule has 1 aromatic carbocycles. The smallest absolute Gasteiger partial charge is 0.238 e. The van der Waals surface area contributed by atoms with Gasteiger partial charge in [0.05, 0.1) is 17.6 Å². The molecule has 34 heavy (non-hydrogen) atoms. The van der Waals surface area contributed by atoms with E-state index in [-0.39, 0.29) is 6.10 Å². The van der Waals surface area contributed by atoms with Gasteiger partial charge >= 0.3 is 0 Å². The van der Waals surface area contributed by atoms with Gasteiger partial charge in [-0.1, -0.05) is 0 Å². The Labute approximate surface area is 193 Å². The number of rotatable bonds is 6. The van der Waals surface area contributed by atoms with Gasteiger partial charge in [0, 0.05) is 54.0 Å². The minimum atomic E-state index is 0.194. The van der Waals surface area contributed by atoms with E-state index < -0.39 is 0 Å². The van der Waals surface area contributed by atoms with E-state index in [1.807, 2.05) is 62.6 Å². The van der Waals surface area contributed by atoms with Gasteiger partial charge in [0.2, 0.25) is 5.95 Å². The summed E-state index contributed by atoms with van der Waals surface area (Å²) in [5, 5.41) is 2.00. The fraction of sp³-hybridized carbons (Fsp3) is 0.125. The van der Waals surface area contributed by atoms with Crippen molar-refractivity contribution in [1.82, 2.24) is 38.6 Å². The van der Waals surface area contributed by atoms with Crippen LogP contribution in [0.25, 0.3) is 39.4 Å². The van der Waals surface area contributed by atoms with Gasteiger partial charge in [0.25, 0.3) is 0 Å². The summed E-state index contributed by atoms with van der Waals surface area (Å²) in [5.41, 5.74) is 1.91. The number of hydrogen-bond acceptors (Lipinski definition) is 7. The molecule has 0 radical (unpaired) electrons. The lowest BCUT2D eigenvalue weighted by Gasteiger charge is -2.12. The van der Waals surface area contributed by atoms with E-state index in [0.29, 0.717) is 24.2 Å². The summed E-state index contributed by atoms with van der Waals surface area (Å²) in [6.07, 6.45) is 14.4. The quantitative estimate of drug-likeness (QED) is 0.359. The number of benzene rings is 1. The molecule has 0 aliphatic carbocycles. The number of imidazole rings is 2. The van der Waals surface area contributed by atoms with Crippen molar-refractivity contribution >= 4 is 21.8 Å². The van der Waals surface area contributed by atoms with E-state index in [4.69, 9.17) is 19.4 Å². The fourth-order valence-electron chi connectivity index (χ4n) is 4.07. The van der Waals surface area contributed by atoms with Crippen molar-refractivity contribution < 1.29 is 9.47 Å². The largest absolute Gasteiger partial charge is 0.491 e. The minimum absolute atomic E-state index is 0.194. The molecular formula is C24H18N8O2. The van der Waals surface area contributed by atoms with Crippen LogP contribution in [0.4, 0.5) is 0 Å². The minimum Gasteiger partial charge on any atom is -0.491 e. The molecule has 0 N–H and O–H groups in total. The number of fused-ring (bicyclic) bond motifs is 3. The molecule has 166 valence electrons. The van der Waals surface area contributed by atoms with Crippen molar-refractivity contribution in [2.75, 3.05) is 13.2 Å². The van der Waals surface area contributed by atoms with Crippen LogP contribution in [-0.2, 0) is 4.74 Å². The van der Waals surface area contributed by atoms with E-state index in [9.17, 15) is 0 Å². The second-order valence-corrected chi connectivity index (χ2v) is 8.00. The highest BCUT2D eigenvalue weighted by Crippen LogP contribution is 2.33. The highest BCUT2D eigenvalue weighted by molar-refractivity contribution is 6.09. The van der Waals surface area contributed by atoms with Gasteiger partial charge < -0.3 is 9.47 Å². The first kappa shape index (κ1) is 18.9. The first-order valence-corrected chi connectivity index (χ1v) is 10.8. The van der Waals surface area contributed by atoms with E-state index in [1.54, 1.807) is 31.2 Å². The molecule has 0 bridgehead atoms. The summed E-state index contributed by atoms with van der Waals surface area (Å²) in [7, 11) is 0. The van der Waals surface area contributed by atoms with Crippen molar-refractivity contribution in [3.63, 3.8) is 0 Å². The Morgan fingerprint density at radius 3 is 2.26 bits per heavy atom. The molecule has 7 rings (SSSR count). The van der Waals surface area contributed by atoms with Crippen molar-refractivity contribution in [1.29, 1.82) is 0 Å². The summed E-state index contributed by atoms with van der Waals surface area (Å²) >= 11 is 0. The molecule has 1 atom stereocenters. The van der Waals surface area contributed by atoms with Crippen molar-refractivity contribution in [2.45, 2.75) is 6.10 Å². The summed E-state index contributed by atoms with van der Waals surface area (Å²) in [6, 6.07) is 9.90. The maximum Gasteiger partial charge on any atom is 0.238 e. The van der Waals surface area contributed by atoms with Gasteiger partial charge in [-0.3, -0.25) is 18.7 Å². The Kier molecular flexibility index (Phi) is 4.18. The number of hydrogen-bond donors (Lipinski definition) is 0. The maximum atomic E-state index is 5.93. The molecular weight excluding hydrogens is 432 g/mol. The zero-order chi connectivity index (χ0) is 22.5. The number of pyridine rings is 1. The van der Waals surface area contributed by atoms with Crippen molar-refractivity contribution in [3.05, 3.63) is 80.2 Å². The SMILES string of the molecule is c1cc2c(cn1)c1cc(OCC3CO3)ccc1n2-c1nc(-n2ccnc2)cc(-n2ccnc2)n1. The lowest BCUT2D eigenvalue weighted by Crippen LogP contribution is -2.09. The standard InChI is InChI=1S/C24H18N8O2/c1-2-20-18(9-16(1)33-12-17-13-34-17)19-11-25-4-3-21(19)32(20)24-28-22(30-7-5-26-14-30)10-23(29-24)31-8-6-27-15-31/h1-11,14-15,17H,12-13H2. The third kappa shape index (κ3) is 3.20. The Balaban J connectivity index is 1.45. The molecule has 1 aliphatic heterocycles. The molecule has 1 fully saturated rings. The van der Waals surface area contributed by atoms with Crippen LogP contribution in [0, 0.1) is 0 Å². The lowest BCUT2D eigenvalue weighted by atomic mass is 10.2. The molecule has 0 amide bonds. The third-order valence-corrected chi connectivity index (χ3v) is 5.80. The van der Waals surface area contributed by atoms with Crippen LogP contribution in [0.15, 0.2) is 80.2 Å². The topological polar surface area (TPSA) is 101 Å². The summed E-state index contributed by atoms with van der Waals surface area (Å²) in [5.74, 6) is 2.71. The number of aromatic nitrogens is 8. The van der Waals surface area contributed by atoms with Gasteiger partial charge in [0.15, 0.2) is 0 Å². The molecule has 1 aliphatic rings. The first-order chi connectivity index (χ1) is 16.8. The molecule has 10 nitrogen and oxygen atoms in total. The van der Waals surface area contributed by atoms with Crippen LogP contribution in [0.5, 0.6) is 5.75 Å². The average Bonchev–Trinajstić information content (AvgIpc) is 3.27. The summed E-state index contributed by atoms with van der Waals surface area (Å²) in [6.45, 7) is 1.31. The maximum absolute atomic E-state index is 5.93. The highest BCUT2D eigenvalue weighted by atomic mass is 16.6. The van der Waals surface area contributed by atoms with Gasteiger partial charge in [0.1, 0.15) is 42.8 Å². The van der Waals surface area contributed by atoms with Gasteiger partial charge in [-0.25, -0.2) is 9.97 Å². The molecule has 0 spiro atoms. The zero-order valence-electron chi connectivity index (χ0n) is 17.9. The van der Waals surface area contributed by atoms with Crippen LogP contribution in [0.2, 0.25) is 0 Å². The van der Waals surface area contributed by atoms with Crippen LogP contribution >= 0.6 is 0 Å². The van der Waals surface area contributed by atoms with E-state index in [1.165, 1.54) is 0 Å². The molecule has 6 heterocycles. The Morgan fingerprint density at radius 2 is 1.59 bits per heavy atom. The molecule has 10 heteroatoms. The van der Waals surface area contributed by atoms with Crippen LogP contribution in [0.1, 0.15) is 0 Å². The first-order valence-electron chi connectivity index (χ1n) is 10.8. The van der Waals surface area contributed by atoms with E-state index in [0.717, 1.165) is 34.2 Å². The van der Waals surface area contributed by atoms with E-state index in [2.05, 4.69) is 15.0 Å². The van der Waals surface area contributed by atoms with Gasteiger partial charge in [-0.15, -0.1) is 0 Å². The van der Waals surface area contributed by atoms with Crippen molar-refractivity contribution in [2.24, 2.45) is 0 Å². The monoisotopic (exact) mass is 450 g/mol. The third-order valence-electron chi connectivity index (χ3n) is 5.80. The summed E-state index contributed by atoms with van der Waals surface area (Å²) in [4.78, 5) is 22.5. The molecule has 5 aromatic heterocycles. The molecule has 6 aromatic rings. The fourth-order valence-corrected chi connectivity index (χ4v) is 4.07. The lowest BCUT2D eigenvalue weighted by molar-refractivity contribution is 0.263. The molecule has 1 unspecified atom stereocenters. The highest BCUT2D eigenvalue weighted by Gasteiger charge is 2.23. The van der Waals surface area contributed by atoms with E-state index >= 15 is 0 Å². The Bertz CT molecular complexity index is 1570. The predicted molar refractivity (Wildman–Crippen MR) is 124 cm³/mol. The number of epoxide rings is 1. The van der Waals surface area contributed by atoms with Crippen LogP contribution in [-0.4, -0.2) is 57.9 Å². The van der Waals surface area contributed by atoms with Gasteiger partial charge in [-0.05, 0) is 24.3 Å².